The van der Waals surface area contributed by atoms with Crippen LogP contribution in [0.25, 0.3) is 0 Å². The number of hydrogen-bond acceptors (Lipinski definition) is 6. The van der Waals surface area contributed by atoms with Gasteiger partial charge in [-0.05, 0) is 36.2 Å². The van der Waals surface area contributed by atoms with Gasteiger partial charge in [0.15, 0.2) is 0 Å². The van der Waals surface area contributed by atoms with Crippen molar-refractivity contribution in [2.24, 2.45) is 0 Å². The molecule has 2 aromatic heterocycles. The minimum absolute atomic E-state index is 0.221. The van der Waals surface area contributed by atoms with Crippen molar-refractivity contribution in [2.45, 2.75) is 13.3 Å². The Kier molecular flexibility index (Phi) is 5.65. The largest absolute Gasteiger partial charge is 0.353 e. The number of anilines is 3. The lowest BCUT2D eigenvalue weighted by Crippen LogP contribution is -2.47. The van der Waals surface area contributed by atoms with Gasteiger partial charge >= 0.3 is 0 Å². The minimum Gasteiger partial charge on any atom is -0.353 e. The maximum Gasteiger partial charge on any atom is 0.274 e. The molecule has 1 fully saturated rings. The number of carbonyl (C=O) groups excluding carboxylic acids is 1. The molecule has 7 heteroatoms. The fourth-order valence-electron chi connectivity index (χ4n) is 3.44. The van der Waals surface area contributed by atoms with Crippen LogP contribution in [-0.2, 0) is 6.42 Å². The molecule has 1 N–H and O–H groups in total. The van der Waals surface area contributed by atoms with Gasteiger partial charge in [-0.2, -0.15) is 0 Å². The summed E-state index contributed by atoms with van der Waals surface area (Å²) in [5, 5.41) is 2.97. The van der Waals surface area contributed by atoms with Gasteiger partial charge in [0, 0.05) is 44.3 Å². The van der Waals surface area contributed by atoms with E-state index in [0.29, 0.717) is 11.6 Å². The van der Waals surface area contributed by atoms with Gasteiger partial charge in [-0.25, -0.2) is 15.0 Å². The van der Waals surface area contributed by atoms with E-state index >= 15 is 0 Å². The zero-order chi connectivity index (χ0) is 20.1. The Bertz CT molecular complexity index is 970. The molecule has 0 aliphatic carbocycles. The number of benzene rings is 1. The SMILES string of the molecule is CCc1ccccc1NC(=O)c1ccnc(N2CCN(c3ccccn3)CC2)n1. The summed E-state index contributed by atoms with van der Waals surface area (Å²) < 4.78 is 0. The van der Waals surface area contributed by atoms with Crippen molar-refractivity contribution in [3.63, 3.8) is 0 Å². The van der Waals surface area contributed by atoms with Crippen molar-refractivity contribution in [1.82, 2.24) is 15.0 Å². The molecule has 0 saturated carbocycles. The quantitative estimate of drug-likeness (QED) is 0.724. The summed E-state index contributed by atoms with van der Waals surface area (Å²) in [5.41, 5.74) is 2.29. The van der Waals surface area contributed by atoms with Crippen LogP contribution in [0.2, 0.25) is 0 Å². The lowest BCUT2D eigenvalue weighted by atomic mass is 10.1. The standard InChI is InChI=1S/C22H24N6O/c1-2-17-7-3-4-8-18(17)25-21(29)19-10-12-24-22(26-19)28-15-13-27(14-16-28)20-9-5-6-11-23-20/h3-12H,2,13-16H2,1H3,(H,25,29). The topological polar surface area (TPSA) is 74.2 Å². The monoisotopic (exact) mass is 388 g/mol. The van der Waals surface area contributed by atoms with Crippen LogP contribution >= 0.6 is 0 Å². The van der Waals surface area contributed by atoms with Crippen LogP contribution in [-0.4, -0.2) is 47.0 Å². The molecule has 0 unspecified atom stereocenters. The van der Waals surface area contributed by atoms with Crippen molar-refractivity contribution in [2.75, 3.05) is 41.3 Å². The van der Waals surface area contributed by atoms with Crippen molar-refractivity contribution in [3.8, 4) is 0 Å². The molecule has 0 spiro atoms. The molecule has 1 aliphatic rings. The van der Waals surface area contributed by atoms with Gasteiger partial charge in [-0.1, -0.05) is 31.2 Å². The van der Waals surface area contributed by atoms with Gasteiger partial charge in [-0.3, -0.25) is 4.79 Å². The number of aryl methyl sites for hydroxylation is 1. The number of para-hydroxylation sites is 1. The number of pyridine rings is 1. The number of carbonyl (C=O) groups is 1. The highest BCUT2D eigenvalue weighted by Gasteiger charge is 2.21. The highest BCUT2D eigenvalue weighted by atomic mass is 16.1. The van der Waals surface area contributed by atoms with E-state index in [1.54, 1.807) is 12.3 Å². The smallest absolute Gasteiger partial charge is 0.274 e. The Labute approximate surface area is 170 Å². The van der Waals surface area contributed by atoms with Gasteiger partial charge in [0.2, 0.25) is 5.95 Å². The number of nitrogens with one attached hydrogen (secondary N) is 1. The van der Waals surface area contributed by atoms with Crippen LogP contribution in [0.5, 0.6) is 0 Å². The first-order valence-electron chi connectivity index (χ1n) is 9.88. The number of nitrogens with zero attached hydrogens (tertiary/aromatic N) is 5. The van der Waals surface area contributed by atoms with E-state index in [-0.39, 0.29) is 5.91 Å². The van der Waals surface area contributed by atoms with Crippen molar-refractivity contribution in [1.29, 1.82) is 0 Å². The minimum atomic E-state index is -0.221. The van der Waals surface area contributed by atoms with Crippen LogP contribution in [0.4, 0.5) is 17.5 Å². The zero-order valence-electron chi connectivity index (χ0n) is 16.5. The molecule has 0 atom stereocenters. The van der Waals surface area contributed by atoms with E-state index < -0.39 is 0 Å². The first-order valence-corrected chi connectivity index (χ1v) is 9.88. The van der Waals surface area contributed by atoms with Crippen LogP contribution < -0.4 is 15.1 Å². The van der Waals surface area contributed by atoms with E-state index in [9.17, 15) is 4.79 Å². The van der Waals surface area contributed by atoms with Gasteiger partial charge in [-0.15, -0.1) is 0 Å². The highest BCUT2D eigenvalue weighted by molar-refractivity contribution is 6.03. The van der Waals surface area contributed by atoms with Gasteiger partial charge < -0.3 is 15.1 Å². The van der Waals surface area contributed by atoms with Crippen molar-refractivity contribution < 1.29 is 4.79 Å². The van der Waals surface area contributed by atoms with Crippen LogP contribution in [0.15, 0.2) is 60.9 Å². The predicted molar refractivity (Wildman–Crippen MR) is 114 cm³/mol. The molecule has 3 aromatic rings. The van der Waals surface area contributed by atoms with Crippen LogP contribution in [0.3, 0.4) is 0 Å². The van der Waals surface area contributed by atoms with E-state index in [1.807, 2.05) is 48.7 Å². The summed E-state index contributed by atoms with van der Waals surface area (Å²) in [6.07, 6.45) is 4.31. The summed E-state index contributed by atoms with van der Waals surface area (Å²) >= 11 is 0. The average Bonchev–Trinajstić information content (AvgIpc) is 2.80. The Hall–Kier alpha value is -3.48. The first-order chi connectivity index (χ1) is 14.2. The summed E-state index contributed by atoms with van der Waals surface area (Å²) in [4.78, 5) is 30.4. The molecule has 1 amide bonds. The molecule has 1 aromatic carbocycles. The third-order valence-electron chi connectivity index (χ3n) is 5.06. The van der Waals surface area contributed by atoms with E-state index in [2.05, 4.69) is 37.0 Å². The summed E-state index contributed by atoms with van der Waals surface area (Å²) in [6, 6.07) is 15.4. The van der Waals surface area contributed by atoms with E-state index in [4.69, 9.17) is 0 Å². The zero-order valence-corrected chi connectivity index (χ0v) is 16.5. The molecule has 1 saturated heterocycles. The number of hydrogen-bond donors (Lipinski definition) is 1. The third-order valence-corrected chi connectivity index (χ3v) is 5.06. The predicted octanol–water partition coefficient (Wildman–Crippen LogP) is 3.01. The molecular formula is C22H24N6O. The second-order valence-corrected chi connectivity index (χ2v) is 6.87. The average molecular weight is 388 g/mol. The van der Waals surface area contributed by atoms with Gasteiger partial charge in [0.25, 0.3) is 5.91 Å². The van der Waals surface area contributed by atoms with Crippen molar-refractivity contribution in [3.05, 3.63) is 72.2 Å². The molecule has 0 radical (unpaired) electrons. The first kappa shape index (κ1) is 18.9. The number of rotatable bonds is 5. The Balaban J connectivity index is 1.43. The Morgan fingerprint density at radius 2 is 1.69 bits per heavy atom. The lowest BCUT2D eigenvalue weighted by Gasteiger charge is -2.35. The summed E-state index contributed by atoms with van der Waals surface area (Å²) in [6.45, 7) is 5.29. The molecular weight excluding hydrogens is 364 g/mol. The number of aromatic nitrogens is 3. The number of piperazine rings is 1. The van der Waals surface area contributed by atoms with Crippen LogP contribution in [0.1, 0.15) is 23.0 Å². The molecule has 1 aliphatic heterocycles. The highest BCUT2D eigenvalue weighted by Crippen LogP contribution is 2.18. The van der Waals surface area contributed by atoms with Crippen LogP contribution in [0, 0.1) is 0 Å². The normalized spacial score (nSPS) is 14.0. The molecule has 4 rings (SSSR count). The Morgan fingerprint density at radius 1 is 0.931 bits per heavy atom. The van der Waals surface area contributed by atoms with Gasteiger partial charge in [0.05, 0.1) is 0 Å². The molecule has 3 heterocycles. The van der Waals surface area contributed by atoms with E-state index in [1.165, 1.54) is 0 Å². The maximum absolute atomic E-state index is 12.7. The van der Waals surface area contributed by atoms with Crippen molar-refractivity contribution >= 4 is 23.4 Å². The maximum atomic E-state index is 12.7. The second-order valence-electron chi connectivity index (χ2n) is 6.87. The molecule has 29 heavy (non-hydrogen) atoms. The van der Waals surface area contributed by atoms with E-state index in [0.717, 1.165) is 49.7 Å². The summed E-state index contributed by atoms with van der Waals surface area (Å²) in [7, 11) is 0. The van der Waals surface area contributed by atoms with Gasteiger partial charge in [0.1, 0.15) is 11.5 Å². The lowest BCUT2D eigenvalue weighted by molar-refractivity contribution is 0.102. The fraction of sp³-hybridized carbons (Fsp3) is 0.273. The molecule has 0 bridgehead atoms. The number of amides is 1. The second kappa shape index (κ2) is 8.68. The molecule has 7 nitrogen and oxygen atoms in total. The fourth-order valence-corrected chi connectivity index (χ4v) is 3.44. The summed E-state index contributed by atoms with van der Waals surface area (Å²) in [5.74, 6) is 1.35. The Morgan fingerprint density at radius 3 is 2.45 bits per heavy atom. The third kappa shape index (κ3) is 4.34. The molecule has 148 valence electrons.